The van der Waals surface area contributed by atoms with Crippen LogP contribution in [0.5, 0.6) is 11.5 Å². The molecule has 0 saturated heterocycles. The molecule has 0 radical (unpaired) electrons. The van der Waals surface area contributed by atoms with Gasteiger partial charge in [0, 0.05) is 25.0 Å². The lowest BCUT2D eigenvalue weighted by Crippen LogP contribution is -2.33. The normalized spacial score (nSPS) is 16.5. The third kappa shape index (κ3) is 5.72. The number of para-hydroxylation sites is 1. The molecule has 1 unspecified atom stereocenters. The number of Topliss-reactive ketones (excluding diaryl/α,β-unsaturated/α-hetero) is 1. The van der Waals surface area contributed by atoms with Crippen molar-refractivity contribution in [2.24, 2.45) is 0 Å². The van der Waals surface area contributed by atoms with E-state index in [1.165, 1.54) is 5.56 Å². The van der Waals surface area contributed by atoms with Crippen molar-refractivity contribution < 1.29 is 9.53 Å². The summed E-state index contributed by atoms with van der Waals surface area (Å²) in [4.78, 5) is 22.3. The number of benzene rings is 2. The summed E-state index contributed by atoms with van der Waals surface area (Å²) in [5.74, 6) is 1.97. The van der Waals surface area contributed by atoms with Crippen LogP contribution in [0.3, 0.4) is 0 Å². The molecular weight excluding hydrogens is 410 g/mol. The van der Waals surface area contributed by atoms with E-state index in [-0.39, 0.29) is 11.7 Å². The molecule has 2 atom stereocenters. The Morgan fingerprint density at radius 1 is 1.16 bits per heavy atom. The van der Waals surface area contributed by atoms with Gasteiger partial charge in [0.2, 0.25) is 0 Å². The molecule has 3 aromatic rings. The molecule has 0 bridgehead atoms. The highest BCUT2D eigenvalue weighted by molar-refractivity contribution is 6.15. The molecule has 0 fully saturated rings. The third-order valence-electron chi connectivity index (χ3n) is 5.33. The number of hydrogen-bond acceptors (Lipinski definition) is 4. The second-order valence-corrected chi connectivity index (χ2v) is 7.75. The summed E-state index contributed by atoms with van der Waals surface area (Å²) < 4.78 is 5.86. The second kappa shape index (κ2) is 10.2. The standard InChI is InChI=1S/C25H24ClN3O2/c26-29-24(15-21-16-27-17-28-21)25(30)14-18-6-8-19(9-7-18)20-10-12-23(13-11-20)31-22-4-2-1-3-5-22/h1-8,10-13,16-17,19,24,29H,9,14-15H2,(H,27,28)/t19?,24-/m0/s1. The summed E-state index contributed by atoms with van der Waals surface area (Å²) in [6, 6.07) is 17.4. The van der Waals surface area contributed by atoms with E-state index >= 15 is 0 Å². The number of ketones is 1. The smallest absolute Gasteiger partial charge is 0.155 e. The Kier molecular flexibility index (Phi) is 6.97. The largest absolute Gasteiger partial charge is 0.457 e. The number of nitrogens with zero attached hydrogens (tertiary/aromatic N) is 1. The lowest BCUT2D eigenvalue weighted by atomic mass is 9.88. The number of halogens is 1. The number of allylic oxidation sites excluding steroid dienone is 4. The zero-order valence-corrected chi connectivity index (χ0v) is 17.8. The summed E-state index contributed by atoms with van der Waals surface area (Å²) in [5, 5.41) is 0. The molecule has 1 aliphatic rings. The number of rotatable bonds is 9. The molecule has 158 valence electrons. The van der Waals surface area contributed by atoms with Crippen molar-refractivity contribution >= 4 is 17.6 Å². The number of carbonyl (C=O) groups excluding carboxylic acids is 1. The maximum absolute atomic E-state index is 12.6. The molecule has 1 aromatic heterocycles. The molecule has 1 heterocycles. The van der Waals surface area contributed by atoms with E-state index in [0.29, 0.717) is 12.8 Å². The van der Waals surface area contributed by atoms with Crippen LogP contribution in [0.15, 0.2) is 90.9 Å². The first-order valence-electron chi connectivity index (χ1n) is 10.3. The number of imidazole rings is 1. The van der Waals surface area contributed by atoms with Crippen molar-refractivity contribution in [1.29, 1.82) is 0 Å². The van der Waals surface area contributed by atoms with Crippen LogP contribution in [-0.4, -0.2) is 21.8 Å². The first-order valence-corrected chi connectivity index (χ1v) is 10.7. The molecule has 2 aromatic carbocycles. The molecule has 5 nitrogen and oxygen atoms in total. The maximum atomic E-state index is 12.6. The van der Waals surface area contributed by atoms with Gasteiger partial charge in [-0.15, -0.1) is 0 Å². The fourth-order valence-electron chi connectivity index (χ4n) is 3.60. The van der Waals surface area contributed by atoms with Gasteiger partial charge in [-0.3, -0.25) is 4.79 Å². The van der Waals surface area contributed by atoms with Crippen molar-refractivity contribution in [2.75, 3.05) is 0 Å². The van der Waals surface area contributed by atoms with Crippen molar-refractivity contribution in [3.63, 3.8) is 0 Å². The fourth-order valence-corrected chi connectivity index (χ4v) is 3.80. The number of nitrogens with one attached hydrogen (secondary N) is 2. The summed E-state index contributed by atoms with van der Waals surface area (Å²) in [5.41, 5.74) is 3.04. The minimum absolute atomic E-state index is 0.0507. The van der Waals surface area contributed by atoms with Crippen LogP contribution in [0.2, 0.25) is 0 Å². The highest BCUT2D eigenvalue weighted by atomic mass is 35.5. The van der Waals surface area contributed by atoms with E-state index in [1.807, 2.05) is 48.5 Å². The number of aromatic nitrogens is 2. The van der Waals surface area contributed by atoms with Crippen molar-refractivity contribution in [3.05, 3.63) is 102 Å². The minimum atomic E-state index is -0.464. The summed E-state index contributed by atoms with van der Waals surface area (Å²) in [7, 11) is 0. The SMILES string of the molecule is O=C(CC1=CCC(c2ccc(Oc3ccccc3)cc2)C=C1)[C@H](Cc1c[nH]cn1)NCl. The average Bonchev–Trinajstić information content (AvgIpc) is 3.32. The number of hydrogen-bond donors (Lipinski definition) is 2. The Morgan fingerprint density at radius 3 is 2.58 bits per heavy atom. The second-order valence-electron chi connectivity index (χ2n) is 7.53. The number of ether oxygens (including phenoxy) is 1. The summed E-state index contributed by atoms with van der Waals surface area (Å²) in [6.07, 6.45) is 11.4. The van der Waals surface area contributed by atoms with E-state index in [9.17, 15) is 4.79 Å². The van der Waals surface area contributed by atoms with Crippen LogP contribution >= 0.6 is 11.8 Å². The Balaban J connectivity index is 1.31. The van der Waals surface area contributed by atoms with E-state index < -0.39 is 6.04 Å². The Morgan fingerprint density at radius 2 is 1.94 bits per heavy atom. The predicted octanol–water partition coefficient (Wildman–Crippen LogP) is 5.49. The van der Waals surface area contributed by atoms with Crippen molar-refractivity contribution in [2.45, 2.75) is 31.2 Å². The third-order valence-corrected chi connectivity index (χ3v) is 5.59. The van der Waals surface area contributed by atoms with E-state index in [1.54, 1.807) is 12.5 Å². The van der Waals surface area contributed by atoms with Gasteiger partial charge in [-0.1, -0.05) is 48.6 Å². The van der Waals surface area contributed by atoms with Crippen LogP contribution in [0, 0.1) is 0 Å². The van der Waals surface area contributed by atoms with Gasteiger partial charge >= 0.3 is 0 Å². The van der Waals surface area contributed by atoms with Gasteiger partial charge in [0.15, 0.2) is 5.78 Å². The first-order chi connectivity index (χ1) is 15.2. The molecular formula is C25H24ClN3O2. The molecule has 2 N–H and O–H groups in total. The van der Waals surface area contributed by atoms with Gasteiger partial charge in [0.25, 0.3) is 0 Å². The van der Waals surface area contributed by atoms with Crippen LogP contribution in [0.1, 0.15) is 30.0 Å². The number of carbonyl (C=O) groups is 1. The molecule has 0 spiro atoms. The van der Waals surface area contributed by atoms with Gasteiger partial charge in [-0.25, -0.2) is 9.82 Å². The molecule has 6 heteroatoms. The lowest BCUT2D eigenvalue weighted by Gasteiger charge is -2.18. The minimum Gasteiger partial charge on any atom is -0.457 e. The number of H-pyrrole nitrogens is 1. The van der Waals surface area contributed by atoms with Crippen LogP contribution in [0.25, 0.3) is 0 Å². The van der Waals surface area contributed by atoms with Crippen LogP contribution in [0.4, 0.5) is 0 Å². The van der Waals surface area contributed by atoms with Gasteiger partial charge < -0.3 is 9.72 Å². The zero-order chi connectivity index (χ0) is 21.5. The summed E-state index contributed by atoms with van der Waals surface area (Å²) >= 11 is 5.81. The Bertz CT molecular complexity index is 1040. The van der Waals surface area contributed by atoms with Gasteiger partial charge in [-0.2, -0.15) is 0 Å². The van der Waals surface area contributed by atoms with Crippen LogP contribution in [-0.2, 0) is 11.2 Å². The van der Waals surface area contributed by atoms with Gasteiger partial charge in [0.1, 0.15) is 11.5 Å². The molecule has 0 aliphatic heterocycles. The predicted molar refractivity (Wildman–Crippen MR) is 122 cm³/mol. The molecule has 31 heavy (non-hydrogen) atoms. The van der Waals surface area contributed by atoms with Crippen molar-refractivity contribution in [3.8, 4) is 11.5 Å². The molecule has 4 rings (SSSR count). The van der Waals surface area contributed by atoms with E-state index in [0.717, 1.165) is 29.2 Å². The van der Waals surface area contributed by atoms with Crippen LogP contribution < -0.4 is 9.57 Å². The van der Waals surface area contributed by atoms with Gasteiger partial charge in [0.05, 0.1) is 18.1 Å². The zero-order valence-electron chi connectivity index (χ0n) is 17.0. The fraction of sp³-hybridized carbons (Fsp3) is 0.200. The monoisotopic (exact) mass is 433 g/mol. The lowest BCUT2D eigenvalue weighted by molar-refractivity contribution is -0.119. The molecule has 0 saturated carbocycles. The number of aromatic amines is 1. The highest BCUT2D eigenvalue weighted by Crippen LogP contribution is 2.30. The average molecular weight is 434 g/mol. The first kappa shape index (κ1) is 21.1. The Labute approximate surface area is 186 Å². The van der Waals surface area contributed by atoms with Gasteiger partial charge in [-0.05, 0) is 53.6 Å². The molecule has 0 amide bonds. The van der Waals surface area contributed by atoms with E-state index in [4.69, 9.17) is 16.5 Å². The highest BCUT2D eigenvalue weighted by Gasteiger charge is 2.21. The maximum Gasteiger partial charge on any atom is 0.155 e. The Hall–Kier alpha value is -3.15. The summed E-state index contributed by atoms with van der Waals surface area (Å²) in [6.45, 7) is 0. The topological polar surface area (TPSA) is 67.0 Å². The molecule has 1 aliphatic carbocycles. The quantitative estimate of drug-likeness (QED) is 0.438. The van der Waals surface area contributed by atoms with Crippen molar-refractivity contribution in [1.82, 2.24) is 14.8 Å². The van der Waals surface area contributed by atoms with E-state index in [2.05, 4.69) is 39.1 Å².